The van der Waals surface area contributed by atoms with Crippen molar-refractivity contribution in [2.75, 3.05) is 24.2 Å². The van der Waals surface area contributed by atoms with Crippen LogP contribution in [0.3, 0.4) is 0 Å². The molecule has 2 aromatic heterocycles. The summed E-state index contributed by atoms with van der Waals surface area (Å²) in [5.74, 6) is -0.572. The van der Waals surface area contributed by atoms with E-state index in [1.807, 2.05) is 6.07 Å². The zero-order valence-corrected chi connectivity index (χ0v) is 17.8. The number of aromatic nitrogens is 2. The van der Waals surface area contributed by atoms with E-state index in [0.29, 0.717) is 34.6 Å². The minimum atomic E-state index is -3.46. The Bertz CT molecular complexity index is 1240. The molecular formula is C21H23FN4O3S. The zero-order chi connectivity index (χ0) is 21.6. The molecule has 158 valence electrons. The second kappa shape index (κ2) is 7.39. The summed E-state index contributed by atoms with van der Waals surface area (Å²) in [5, 5.41) is 7.22. The number of hydrogen-bond acceptors (Lipinski definition) is 4. The van der Waals surface area contributed by atoms with Crippen molar-refractivity contribution in [1.29, 1.82) is 0 Å². The highest BCUT2D eigenvalue weighted by Crippen LogP contribution is 2.38. The Hall–Kier alpha value is -2.94. The molecule has 0 spiro atoms. The van der Waals surface area contributed by atoms with Crippen LogP contribution in [0.5, 0.6) is 0 Å². The van der Waals surface area contributed by atoms with Gasteiger partial charge in [0.2, 0.25) is 10.0 Å². The fourth-order valence-corrected chi connectivity index (χ4v) is 4.99. The van der Waals surface area contributed by atoms with Crippen LogP contribution in [0.1, 0.15) is 41.6 Å². The molecule has 1 N–H and O–H groups in total. The number of nitrogens with zero attached hydrogens (tertiary/aromatic N) is 3. The van der Waals surface area contributed by atoms with Crippen molar-refractivity contribution >= 4 is 27.1 Å². The van der Waals surface area contributed by atoms with Gasteiger partial charge in [-0.3, -0.25) is 9.10 Å². The summed E-state index contributed by atoms with van der Waals surface area (Å²) < 4.78 is 41.2. The molecule has 0 bridgehead atoms. The number of rotatable bonds is 3. The largest absolute Gasteiger partial charge is 0.355 e. The van der Waals surface area contributed by atoms with Crippen molar-refractivity contribution in [2.24, 2.45) is 0 Å². The second-order valence-corrected chi connectivity index (χ2v) is 9.54. The highest BCUT2D eigenvalue weighted by atomic mass is 32.2. The van der Waals surface area contributed by atoms with Gasteiger partial charge in [-0.15, -0.1) is 0 Å². The molecule has 1 aromatic carbocycles. The summed E-state index contributed by atoms with van der Waals surface area (Å²) in [6, 6.07) is 7.62. The third-order valence-electron chi connectivity index (χ3n) is 5.55. The summed E-state index contributed by atoms with van der Waals surface area (Å²) >= 11 is 0. The van der Waals surface area contributed by atoms with Crippen LogP contribution in [0.15, 0.2) is 36.5 Å². The highest BCUT2D eigenvalue weighted by Gasteiger charge is 2.29. The van der Waals surface area contributed by atoms with Gasteiger partial charge in [0.25, 0.3) is 5.91 Å². The lowest BCUT2D eigenvalue weighted by Crippen LogP contribution is -2.31. The third kappa shape index (κ3) is 3.43. The number of nitrogens with one attached hydrogen (secondary N) is 1. The van der Waals surface area contributed by atoms with Crippen molar-refractivity contribution in [3.63, 3.8) is 0 Å². The Balaban J connectivity index is 2.03. The number of benzene rings is 1. The van der Waals surface area contributed by atoms with Crippen LogP contribution in [0, 0.1) is 5.82 Å². The first-order valence-corrected chi connectivity index (χ1v) is 11.6. The Kier molecular flexibility index (Phi) is 5.01. The van der Waals surface area contributed by atoms with E-state index in [-0.39, 0.29) is 17.6 Å². The van der Waals surface area contributed by atoms with Crippen LogP contribution in [0.2, 0.25) is 0 Å². The van der Waals surface area contributed by atoms with E-state index >= 15 is 0 Å². The summed E-state index contributed by atoms with van der Waals surface area (Å²) in [6.45, 7) is 2.45. The van der Waals surface area contributed by atoms with Crippen molar-refractivity contribution in [1.82, 2.24) is 14.9 Å². The van der Waals surface area contributed by atoms with Gasteiger partial charge in [-0.05, 0) is 54.7 Å². The molecule has 0 saturated heterocycles. The minimum Gasteiger partial charge on any atom is -0.355 e. The van der Waals surface area contributed by atoms with Gasteiger partial charge in [-0.2, -0.15) is 5.10 Å². The number of anilines is 1. The van der Waals surface area contributed by atoms with E-state index in [2.05, 4.69) is 17.3 Å². The molecule has 1 amide bonds. The topological polar surface area (TPSA) is 83.8 Å². The number of amides is 1. The lowest BCUT2D eigenvalue weighted by atomic mass is 9.96. The van der Waals surface area contributed by atoms with Crippen molar-refractivity contribution in [3.05, 3.63) is 53.5 Å². The zero-order valence-electron chi connectivity index (χ0n) is 17.0. The molecule has 9 heteroatoms. The van der Waals surface area contributed by atoms with Crippen LogP contribution >= 0.6 is 0 Å². The number of halogens is 1. The first kappa shape index (κ1) is 20.3. The smallest absolute Gasteiger partial charge is 0.255 e. The predicted molar refractivity (Wildman–Crippen MR) is 114 cm³/mol. The Labute approximate surface area is 174 Å². The maximum absolute atomic E-state index is 13.4. The second-order valence-electron chi connectivity index (χ2n) is 7.63. The lowest BCUT2D eigenvalue weighted by molar-refractivity contribution is 0.0965. The molecular weight excluding hydrogens is 407 g/mol. The highest BCUT2D eigenvalue weighted by molar-refractivity contribution is 7.92. The van der Waals surface area contributed by atoms with Gasteiger partial charge in [0.05, 0.1) is 29.2 Å². The molecule has 0 saturated carbocycles. The number of sulfonamides is 1. The molecule has 3 aromatic rings. The molecule has 0 unspecified atom stereocenters. The van der Waals surface area contributed by atoms with Crippen molar-refractivity contribution < 1.29 is 17.6 Å². The predicted octanol–water partition coefficient (Wildman–Crippen LogP) is 3.16. The standard InChI is InChI=1S/C21H23FN4O3S/c1-13-5-4-10-26(30(3,28)29)18-12-25-17(11-16(13)18)19(21(27)23-2)20(24-25)14-6-8-15(22)9-7-14/h6-9,11-13H,4-5,10H2,1-3H3,(H,23,27)/t13-/m1/s1. The summed E-state index contributed by atoms with van der Waals surface area (Å²) in [7, 11) is -1.93. The molecule has 4 rings (SSSR count). The lowest BCUT2D eigenvalue weighted by Gasteiger charge is -2.23. The Morgan fingerprint density at radius 2 is 1.97 bits per heavy atom. The van der Waals surface area contributed by atoms with Crippen LogP contribution in [0.4, 0.5) is 10.1 Å². The monoisotopic (exact) mass is 430 g/mol. The SMILES string of the molecule is CNC(=O)c1c(-c2ccc(F)cc2)nn2cc3c(cc12)[C@H](C)CCCN3S(C)(=O)=O. The molecule has 7 nitrogen and oxygen atoms in total. The molecule has 1 atom stereocenters. The Morgan fingerprint density at radius 3 is 2.60 bits per heavy atom. The van der Waals surface area contributed by atoms with E-state index in [1.165, 1.54) is 34.3 Å². The minimum absolute atomic E-state index is 0.124. The fraction of sp³-hybridized carbons (Fsp3) is 0.333. The molecule has 0 radical (unpaired) electrons. The van der Waals surface area contributed by atoms with Crippen molar-refractivity contribution in [2.45, 2.75) is 25.7 Å². The van der Waals surface area contributed by atoms with E-state index < -0.39 is 10.0 Å². The quantitative estimate of drug-likeness (QED) is 0.692. The van der Waals surface area contributed by atoms with Crippen LogP contribution in [-0.2, 0) is 10.0 Å². The third-order valence-corrected chi connectivity index (χ3v) is 6.73. The maximum atomic E-state index is 13.4. The molecule has 0 fully saturated rings. The van der Waals surface area contributed by atoms with E-state index in [4.69, 9.17) is 0 Å². The van der Waals surface area contributed by atoms with Gasteiger partial charge >= 0.3 is 0 Å². The average molecular weight is 431 g/mol. The normalized spacial score (nSPS) is 16.9. The van der Waals surface area contributed by atoms with Gasteiger partial charge in [-0.25, -0.2) is 17.3 Å². The fourth-order valence-electron chi connectivity index (χ4n) is 4.02. The van der Waals surface area contributed by atoms with Gasteiger partial charge in [0, 0.05) is 19.2 Å². The maximum Gasteiger partial charge on any atom is 0.255 e. The van der Waals surface area contributed by atoms with E-state index in [1.54, 1.807) is 18.3 Å². The molecule has 1 aliphatic rings. The number of carbonyl (C=O) groups excluding carboxylic acids is 1. The average Bonchev–Trinajstić information content (AvgIpc) is 2.98. The van der Waals surface area contributed by atoms with Crippen LogP contribution < -0.4 is 9.62 Å². The van der Waals surface area contributed by atoms with Gasteiger partial charge in [0.15, 0.2) is 0 Å². The summed E-state index contributed by atoms with van der Waals surface area (Å²) in [5.41, 5.74) is 3.40. The van der Waals surface area contributed by atoms with Gasteiger partial charge < -0.3 is 5.32 Å². The van der Waals surface area contributed by atoms with Crippen LogP contribution in [-0.4, -0.2) is 43.8 Å². The molecule has 0 aliphatic carbocycles. The summed E-state index contributed by atoms with van der Waals surface area (Å²) in [6.07, 6.45) is 4.45. The molecule has 3 heterocycles. The van der Waals surface area contributed by atoms with Crippen molar-refractivity contribution in [3.8, 4) is 11.3 Å². The number of pyridine rings is 1. The first-order chi connectivity index (χ1) is 14.2. The number of hydrogen-bond donors (Lipinski definition) is 1. The van der Waals surface area contributed by atoms with E-state index in [9.17, 15) is 17.6 Å². The van der Waals surface area contributed by atoms with Gasteiger partial charge in [-0.1, -0.05) is 6.92 Å². The summed E-state index contributed by atoms with van der Waals surface area (Å²) in [4.78, 5) is 12.7. The van der Waals surface area contributed by atoms with E-state index in [0.717, 1.165) is 18.4 Å². The number of fused-ring (bicyclic) bond motifs is 2. The Morgan fingerprint density at radius 1 is 1.27 bits per heavy atom. The molecule has 30 heavy (non-hydrogen) atoms. The molecule has 1 aliphatic heterocycles. The number of carbonyl (C=O) groups is 1. The first-order valence-electron chi connectivity index (χ1n) is 9.72. The van der Waals surface area contributed by atoms with Crippen LogP contribution in [0.25, 0.3) is 16.8 Å². The van der Waals surface area contributed by atoms with Gasteiger partial charge in [0.1, 0.15) is 11.5 Å².